The summed E-state index contributed by atoms with van der Waals surface area (Å²) in [5.74, 6) is 0.997. The number of thiophene rings is 1. The monoisotopic (exact) mass is 262 g/mol. The molecule has 94 valence electrons. The molecule has 5 nitrogen and oxygen atoms in total. The van der Waals surface area contributed by atoms with Crippen molar-refractivity contribution in [2.24, 2.45) is 0 Å². The third kappa shape index (κ3) is 2.03. The molecule has 0 fully saturated rings. The Labute approximate surface area is 109 Å². The van der Waals surface area contributed by atoms with Crippen LogP contribution in [0.25, 0.3) is 0 Å². The van der Waals surface area contributed by atoms with Gasteiger partial charge in [0.25, 0.3) is 0 Å². The summed E-state index contributed by atoms with van der Waals surface area (Å²) in [5.41, 5.74) is 1.18. The number of rotatable bonds is 2. The lowest BCUT2D eigenvalue weighted by molar-refractivity contribution is -0.117. The van der Waals surface area contributed by atoms with Gasteiger partial charge in [-0.15, -0.1) is 16.4 Å². The Hall–Kier alpha value is -1.69. The maximum absolute atomic E-state index is 12.2. The normalized spacial score (nSPS) is 18.4. The molecule has 1 aliphatic carbocycles. The largest absolute Gasteiger partial charge is 0.293 e. The van der Waals surface area contributed by atoms with Gasteiger partial charge in [-0.05, 0) is 43.2 Å². The third-order valence-corrected chi connectivity index (χ3v) is 4.20. The molecule has 18 heavy (non-hydrogen) atoms. The SMILES string of the molecule is Cc1nc(NC(=O)C2CCCc3sccc32)n[nH]1. The van der Waals surface area contributed by atoms with E-state index in [0.29, 0.717) is 11.8 Å². The van der Waals surface area contributed by atoms with Gasteiger partial charge in [-0.1, -0.05) is 0 Å². The predicted molar refractivity (Wildman–Crippen MR) is 69.7 cm³/mol. The zero-order valence-electron chi connectivity index (χ0n) is 10.1. The van der Waals surface area contributed by atoms with E-state index in [1.165, 1.54) is 10.4 Å². The maximum atomic E-state index is 12.2. The molecule has 1 unspecified atom stereocenters. The summed E-state index contributed by atoms with van der Waals surface area (Å²) in [5, 5.41) is 11.5. The van der Waals surface area contributed by atoms with Crippen molar-refractivity contribution in [2.75, 3.05) is 5.32 Å². The molecule has 3 rings (SSSR count). The summed E-state index contributed by atoms with van der Waals surface area (Å²) >= 11 is 1.74. The van der Waals surface area contributed by atoms with E-state index in [9.17, 15) is 4.79 Å². The van der Waals surface area contributed by atoms with Crippen molar-refractivity contribution < 1.29 is 4.79 Å². The first-order chi connectivity index (χ1) is 8.74. The Morgan fingerprint density at radius 2 is 2.50 bits per heavy atom. The maximum Gasteiger partial charge on any atom is 0.248 e. The van der Waals surface area contributed by atoms with E-state index < -0.39 is 0 Å². The third-order valence-electron chi connectivity index (χ3n) is 3.20. The molecule has 0 spiro atoms. The van der Waals surface area contributed by atoms with E-state index in [4.69, 9.17) is 0 Å². The van der Waals surface area contributed by atoms with Crippen LogP contribution in [0.3, 0.4) is 0 Å². The van der Waals surface area contributed by atoms with Crippen LogP contribution in [0.4, 0.5) is 5.95 Å². The number of carbonyl (C=O) groups excluding carboxylic acids is 1. The van der Waals surface area contributed by atoms with Crippen molar-refractivity contribution in [3.05, 3.63) is 27.7 Å². The van der Waals surface area contributed by atoms with Gasteiger partial charge in [0.05, 0.1) is 5.92 Å². The molecule has 0 bridgehead atoms. The molecule has 2 aromatic rings. The number of fused-ring (bicyclic) bond motifs is 1. The topological polar surface area (TPSA) is 70.7 Å². The highest BCUT2D eigenvalue weighted by atomic mass is 32.1. The zero-order chi connectivity index (χ0) is 12.5. The molecule has 0 radical (unpaired) electrons. The molecular weight excluding hydrogens is 248 g/mol. The molecule has 6 heteroatoms. The second-order valence-corrected chi connectivity index (χ2v) is 5.48. The first-order valence-electron chi connectivity index (χ1n) is 6.00. The van der Waals surface area contributed by atoms with Gasteiger partial charge in [-0.3, -0.25) is 15.2 Å². The van der Waals surface area contributed by atoms with E-state index in [1.807, 2.05) is 0 Å². The highest BCUT2D eigenvalue weighted by molar-refractivity contribution is 7.10. The summed E-state index contributed by atoms with van der Waals surface area (Å²) in [7, 11) is 0. The number of anilines is 1. The van der Waals surface area contributed by atoms with Gasteiger partial charge in [-0.2, -0.15) is 4.98 Å². The molecular formula is C12H14N4OS. The Morgan fingerprint density at radius 3 is 3.28 bits per heavy atom. The minimum absolute atomic E-state index is 0.00616. The summed E-state index contributed by atoms with van der Waals surface area (Å²) in [6, 6.07) is 2.06. The van der Waals surface area contributed by atoms with Crippen LogP contribution in [0.15, 0.2) is 11.4 Å². The van der Waals surface area contributed by atoms with Crippen LogP contribution in [-0.2, 0) is 11.2 Å². The fraction of sp³-hybridized carbons (Fsp3) is 0.417. The van der Waals surface area contributed by atoms with Crippen molar-refractivity contribution >= 4 is 23.2 Å². The van der Waals surface area contributed by atoms with E-state index in [0.717, 1.165) is 19.3 Å². The second kappa shape index (κ2) is 4.53. The number of aryl methyl sites for hydroxylation is 2. The smallest absolute Gasteiger partial charge is 0.248 e. The molecule has 0 aromatic carbocycles. The van der Waals surface area contributed by atoms with Crippen LogP contribution in [0.1, 0.15) is 35.0 Å². The molecule has 0 saturated carbocycles. The van der Waals surface area contributed by atoms with Gasteiger partial charge in [0.1, 0.15) is 5.82 Å². The number of aromatic amines is 1. The first-order valence-corrected chi connectivity index (χ1v) is 6.88. The molecule has 2 heterocycles. The lowest BCUT2D eigenvalue weighted by Gasteiger charge is -2.20. The standard InChI is InChI=1S/C12H14N4OS/c1-7-13-12(16-15-7)14-11(17)9-3-2-4-10-8(9)5-6-18-10/h5-6,9H,2-4H2,1H3,(H2,13,14,15,16,17). The molecule has 1 amide bonds. The van der Waals surface area contributed by atoms with Crippen LogP contribution in [-0.4, -0.2) is 21.1 Å². The van der Waals surface area contributed by atoms with E-state index in [-0.39, 0.29) is 11.8 Å². The van der Waals surface area contributed by atoms with Crippen LogP contribution < -0.4 is 5.32 Å². The lowest BCUT2D eigenvalue weighted by Crippen LogP contribution is -2.24. The average Bonchev–Trinajstić information content (AvgIpc) is 2.97. The van der Waals surface area contributed by atoms with Crippen molar-refractivity contribution in [1.82, 2.24) is 15.2 Å². The zero-order valence-corrected chi connectivity index (χ0v) is 10.9. The molecule has 0 saturated heterocycles. The Balaban J connectivity index is 1.78. The molecule has 2 N–H and O–H groups in total. The van der Waals surface area contributed by atoms with Crippen LogP contribution >= 0.6 is 11.3 Å². The number of aromatic nitrogens is 3. The van der Waals surface area contributed by atoms with Crippen molar-refractivity contribution in [2.45, 2.75) is 32.1 Å². The van der Waals surface area contributed by atoms with Gasteiger partial charge in [0.2, 0.25) is 11.9 Å². The number of carbonyl (C=O) groups is 1. The van der Waals surface area contributed by atoms with Gasteiger partial charge in [0.15, 0.2) is 0 Å². The number of nitrogens with one attached hydrogen (secondary N) is 2. The van der Waals surface area contributed by atoms with Crippen molar-refractivity contribution in [3.63, 3.8) is 0 Å². The van der Waals surface area contributed by atoms with Gasteiger partial charge in [0, 0.05) is 4.88 Å². The molecule has 1 atom stereocenters. The van der Waals surface area contributed by atoms with Gasteiger partial charge in [-0.25, -0.2) is 0 Å². The van der Waals surface area contributed by atoms with Crippen LogP contribution in [0.2, 0.25) is 0 Å². The highest BCUT2D eigenvalue weighted by Gasteiger charge is 2.27. The Morgan fingerprint density at radius 1 is 1.61 bits per heavy atom. The highest BCUT2D eigenvalue weighted by Crippen LogP contribution is 2.35. The quantitative estimate of drug-likeness (QED) is 0.872. The summed E-state index contributed by atoms with van der Waals surface area (Å²) < 4.78 is 0. The molecule has 0 aliphatic heterocycles. The summed E-state index contributed by atoms with van der Waals surface area (Å²) in [6.45, 7) is 1.81. The lowest BCUT2D eigenvalue weighted by atomic mass is 9.87. The number of hydrogen-bond acceptors (Lipinski definition) is 4. The van der Waals surface area contributed by atoms with Crippen LogP contribution in [0.5, 0.6) is 0 Å². The Kier molecular flexibility index (Phi) is 2.87. The van der Waals surface area contributed by atoms with E-state index >= 15 is 0 Å². The summed E-state index contributed by atoms with van der Waals surface area (Å²) in [4.78, 5) is 17.7. The predicted octanol–water partition coefficient (Wildman–Crippen LogP) is 2.23. The van der Waals surface area contributed by atoms with Crippen molar-refractivity contribution in [3.8, 4) is 0 Å². The number of H-pyrrole nitrogens is 1. The first kappa shape index (κ1) is 11.4. The fourth-order valence-corrected chi connectivity index (χ4v) is 3.34. The van der Waals surface area contributed by atoms with E-state index in [2.05, 4.69) is 31.9 Å². The Bertz CT molecular complexity index is 574. The van der Waals surface area contributed by atoms with Gasteiger partial charge < -0.3 is 0 Å². The van der Waals surface area contributed by atoms with Crippen molar-refractivity contribution in [1.29, 1.82) is 0 Å². The average molecular weight is 262 g/mol. The fourth-order valence-electron chi connectivity index (χ4n) is 2.35. The molecule has 1 aliphatic rings. The van der Waals surface area contributed by atoms with Gasteiger partial charge >= 0.3 is 0 Å². The minimum Gasteiger partial charge on any atom is -0.293 e. The number of amides is 1. The second-order valence-electron chi connectivity index (χ2n) is 4.48. The minimum atomic E-state index is -0.0567. The summed E-state index contributed by atoms with van der Waals surface area (Å²) in [6.07, 6.45) is 3.06. The van der Waals surface area contributed by atoms with Crippen LogP contribution in [0, 0.1) is 6.92 Å². The number of nitrogens with zero attached hydrogens (tertiary/aromatic N) is 2. The number of hydrogen-bond donors (Lipinski definition) is 2. The van der Waals surface area contributed by atoms with E-state index in [1.54, 1.807) is 18.3 Å². The molecule has 2 aromatic heterocycles.